The van der Waals surface area contributed by atoms with Crippen LogP contribution in [0, 0.1) is 18.3 Å². The molecule has 2 saturated heterocycles. The van der Waals surface area contributed by atoms with Crippen LogP contribution in [0.15, 0.2) is 18.2 Å². The Balaban J connectivity index is 1.93. The van der Waals surface area contributed by atoms with Gasteiger partial charge in [0.25, 0.3) is 0 Å². The van der Waals surface area contributed by atoms with Gasteiger partial charge in [-0.1, -0.05) is 12.1 Å². The number of nitriles is 1. The number of aryl methyl sites for hydroxylation is 1. The third-order valence-corrected chi connectivity index (χ3v) is 5.47. The number of carbonyl (C=O) groups excluding carboxylic acids is 1. The van der Waals surface area contributed by atoms with Gasteiger partial charge in [-0.25, -0.2) is 4.79 Å². The van der Waals surface area contributed by atoms with E-state index in [1.165, 1.54) is 0 Å². The van der Waals surface area contributed by atoms with E-state index in [0.29, 0.717) is 18.4 Å². The Labute approximate surface area is 155 Å². The second-order valence-corrected chi connectivity index (χ2v) is 8.68. The molecular formula is C21H28N2O3. The standard InChI is InChI=1S/C21H28N2O3/c1-14-7-5-8-15(13-22)18(14)21(25)11-16-9-6-10-17(12-21)23(16)19(24)26-20(2,3)4/h5,7-8,16-17,25H,6,9-12H2,1-4H3. The van der Waals surface area contributed by atoms with Crippen LogP contribution in [0.3, 0.4) is 0 Å². The van der Waals surface area contributed by atoms with Gasteiger partial charge in [0.2, 0.25) is 0 Å². The van der Waals surface area contributed by atoms with Crippen molar-refractivity contribution in [2.75, 3.05) is 0 Å². The molecule has 2 aliphatic rings. The van der Waals surface area contributed by atoms with Gasteiger partial charge in [-0.15, -0.1) is 0 Å². The van der Waals surface area contributed by atoms with E-state index < -0.39 is 11.2 Å². The number of fused-ring (bicyclic) bond motifs is 2. The number of ether oxygens (including phenoxy) is 1. The predicted octanol–water partition coefficient (Wildman–Crippen LogP) is 4.01. The predicted molar refractivity (Wildman–Crippen MR) is 98.5 cm³/mol. The molecule has 0 aliphatic carbocycles. The lowest BCUT2D eigenvalue weighted by Crippen LogP contribution is -2.59. The monoisotopic (exact) mass is 356 g/mol. The Morgan fingerprint density at radius 3 is 2.46 bits per heavy atom. The molecule has 1 aromatic rings. The quantitative estimate of drug-likeness (QED) is 0.825. The van der Waals surface area contributed by atoms with Crippen molar-refractivity contribution in [3.05, 3.63) is 34.9 Å². The lowest BCUT2D eigenvalue weighted by molar-refractivity contribution is -0.0968. The van der Waals surface area contributed by atoms with Gasteiger partial charge in [-0.05, 0) is 58.6 Å². The van der Waals surface area contributed by atoms with Gasteiger partial charge in [0.1, 0.15) is 5.60 Å². The number of hydrogen-bond acceptors (Lipinski definition) is 4. The van der Waals surface area contributed by atoms with Crippen molar-refractivity contribution in [1.82, 2.24) is 4.90 Å². The fourth-order valence-corrected chi connectivity index (χ4v) is 4.62. The molecule has 2 fully saturated rings. The van der Waals surface area contributed by atoms with E-state index in [1.54, 1.807) is 6.07 Å². The van der Waals surface area contributed by atoms with Crippen molar-refractivity contribution in [3.8, 4) is 6.07 Å². The van der Waals surface area contributed by atoms with Crippen molar-refractivity contribution in [2.24, 2.45) is 0 Å². The Kier molecular flexibility index (Phi) is 4.74. The molecule has 1 amide bonds. The van der Waals surface area contributed by atoms with Crippen LogP contribution in [0.5, 0.6) is 0 Å². The molecule has 5 heteroatoms. The topological polar surface area (TPSA) is 73.6 Å². The summed E-state index contributed by atoms with van der Waals surface area (Å²) in [5, 5.41) is 21.1. The van der Waals surface area contributed by atoms with E-state index in [-0.39, 0.29) is 18.2 Å². The zero-order valence-electron chi connectivity index (χ0n) is 16.1. The zero-order valence-corrected chi connectivity index (χ0v) is 16.1. The first-order valence-electron chi connectivity index (χ1n) is 9.38. The molecule has 0 saturated carbocycles. The minimum Gasteiger partial charge on any atom is -0.444 e. The summed E-state index contributed by atoms with van der Waals surface area (Å²) >= 11 is 0. The molecule has 2 aliphatic heterocycles. The first-order chi connectivity index (χ1) is 12.1. The Hall–Kier alpha value is -2.06. The fourth-order valence-electron chi connectivity index (χ4n) is 4.62. The van der Waals surface area contributed by atoms with Crippen LogP contribution in [0.4, 0.5) is 4.79 Å². The highest BCUT2D eigenvalue weighted by Gasteiger charge is 2.50. The first kappa shape index (κ1) is 18.7. The highest BCUT2D eigenvalue weighted by molar-refractivity contribution is 5.69. The van der Waals surface area contributed by atoms with Gasteiger partial charge in [0, 0.05) is 30.5 Å². The first-order valence-corrected chi connectivity index (χ1v) is 9.38. The van der Waals surface area contributed by atoms with Crippen LogP contribution >= 0.6 is 0 Å². The van der Waals surface area contributed by atoms with Gasteiger partial charge in [-0.3, -0.25) is 0 Å². The number of benzene rings is 1. The second-order valence-electron chi connectivity index (χ2n) is 8.68. The smallest absolute Gasteiger partial charge is 0.410 e. The average molecular weight is 356 g/mol. The van der Waals surface area contributed by atoms with E-state index in [9.17, 15) is 15.2 Å². The van der Waals surface area contributed by atoms with E-state index in [1.807, 2.05) is 44.7 Å². The number of nitrogens with zero attached hydrogens (tertiary/aromatic N) is 2. The highest BCUT2D eigenvalue weighted by Crippen LogP contribution is 2.46. The summed E-state index contributed by atoms with van der Waals surface area (Å²) in [6.45, 7) is 7.54. The molecule has 1 aromatic carbocycles. The minimum atomic E-state index is -1.08. The van der Waals surface area contributed by atoms with Crippen molar-refractivity contribution in [1.29, 1.82) is 5.26 Å². The van der Waals surface area contributed by atoms with E-state index in [2.05, 4.69) is 6.07 Å². The van der Waals surface area contributed by atoms with Gasteiger partial charge in [0.05, 0.1) is 17.2 Å². The number of amides is 1. The number of carbonyl (C=O) groups is 1. The summed E-state index contributed by atoms with van der Waals surface area (Å²) in [5.41, 5.74) is 0.559. The van der Waals surface area contributed by atoms with E-state index in [0.717, 1.165) is 30.4 Å². The van der Waals surface area contributed by atoms with Crippen molar-refractivity contribution < 1.29 is 14.6 Å². The molecule has 0 spiro atoms. The van der Waals surface area contributed by atoms with Crippen LogP contribution in [0.25, 0.3) is 0 Å². The van der Waals surface area contributed by atoms with Crippen molar-refractivity contribution in [2.45, 2.75) is 83.1 Å². The molecule has 2 unspecified atom stereocenters. The molecule has 3 rings (SSSR count). The third-order valence-electron chi connectivity index (χ3n) is 5.47. The van der Waals surface area contributed by atoms with Crippen LogP contribution in [-0.2, 0) is 10.3 Å². The summed E-state index contributed by atoms with van der Waals surface area (Å²) in [6, 6.07) is 7.64. The third kappa shape index (κ3) is 3.43. The number of piperidine rings is 2. The summed E-state index contributed by atoms with van der Waals surface area (Å²) in [4.78, 5) is 14.6. The van der Waals surface area contributed by atoms with Crippen LogP contribution in [0.1, 0.15) is 69.6 Å². The molecule has 5 nitrogen and oxygen atoms in total. The summed E-state index contributed by atoms with van der Waals surface area (Å²) in [5.74, 6) is 0. The maximum absolute atomic E-state index is 12.7. The minimum absolute atomic E-state index is 0.0616. The van der Waals surface area contributed by atoms with Crippen molar-refractivity contribution >= 4 is 6.09 Å². The Bertz CT molecular complexity index is 731. The molecule has 1 N–H and O–H groups in total. The van der Waals surface area contributed by atoms with E-state index >= 15 is 0 Å². The normalized spacial score (nSPS) is 28.4. The van der Waals surface area contributed by atoms with Gasteiger partial charge in [0.15, 0.2) is 0 Å². The van der Waals surface area contributed by atoms with Crippen LogP contribution in [-0.4, -0.2) is 33.8 Å². The molecule has 0 aromatic heterocycles. The largest absolute Gasteiger partial charge is 0.444 e. The number of aliphatic hydroxyl groups is 1. The maximum atomic E-state index is 12.7. The molecule has 2 atom stereocenters. The highest BCUT2D eigenvalue weighted by atomic mass is 16.6. The van der Waals surface area contributed by atoms with Crippen LogP contribution < -0.4 is 0 Å². The van der Waals surface area contributed by atoms with E-state index in [4.69, 9.17) is 4.74 Å². The van der Waals surface area contributed by atoms with Crippen molar-refractivity contribution in [3.63, 3.8) is 0 Å². The molecule has 2 bridgehead atoms. The van der Waals surface area contributed by atoms with Gasteiger partial charge in [-0.2, -0.15) is 5.26 Å². The number of hydrogen-bond donors (Lipinski definition) is 1. The van der Waals surface area contributed by atoms with Gasteiger partial charge < -0.3 is 14.7 Å². The van der Waals surface area contributed by atoms with Gasteiger partial charge >= 0.3 is 6.09 Å². The summed E-state index contributed by atoms with van der Waals surface area (Å²) < 4.78 is 5.61. The lowest BCUT2D eigenvalue weighted by Gasteiger charge is -2.52. The zero-order chi connectivity index (χ0) is 19.1. The molecule has 26 heavy (non-hydrogen) atoms. The molecule has 0 radical (unpaired) electrons. The summed E-state index contributed by atoms with van der Waals surface area (Å²) in [6.07, 6.45) is 3.35. The van der Waals surface area contributed by atoms with Crippen LogP contribution in [0.2, 0.25) is 0 Å². The maximum Gasteiger partial charge on any atom is 0.410 e. The Morgan fingerprint density at radius 2 is 1.92 bits per heavy atom. The summed E-state index contributed by atoms with van der Waals surface area (Å²) in [7, 11) is 0. The lowest BCUT2D eigenvalue weighted by atomic mass is 9.70. The average Bonchev–Trinajstić information content (AvgIpc) is 2.51. The number of rotatable bonds is 1. The fraction of sp³-hybridized carbons (Fsp3) is 0.619. The molecule has 2 heterocycles. The Morgan fingerprint density at radius 1 is 1.31 bits per heavy atom. The molecular weight excluding hydrogens is 328 g/mol. The second kappa shape index (κ2) is 6.59. The SMILES string of the molecule is Cc1cccc(C#N)c1C1(O)CC2CCCC(C1)N2C(=O)OC(C)(C)C. The molecule has 140 valence electrons.